The highest BCUT2D eigenvalue weighted by molar-refractivity contribution is 6.33. The van der Waals surface area contributed by atoms with Crippen LogP contribution in [0.3, 0.4) is 0 Å². The molecule has 3 heterocycles. The number of hydrogen-bond donors (Lipinski definition) is 2. The highest BCUT2D eigenvalue weighted by Gasteiger charge is 2.41. The summed E-state index contributed by atoms with van der Waals surface area (Å²) >= 11 is 6.17. The summed E-state index contributed by atoms with van der Waals surface area (Å²) in [6.07, 6.45) is 3.29. The van der Waals surface area contributed by atoms with Crippen LogP contribution in [0.25, 0.3) is 0 Å². The Hall–Kier alpha value is -3.72. The quantitative estimate of drug-likeness (QED) is 0.648. The predicted molar refractivity (Wildman–Crippen MR) is 137 cm³/mol. The lowest BCUT2D eigenvalue weighted by atomic mass is 10.0. The van der Waals surface area contributed by atoms with Crippen molar-refractivity contribution in [3.8, 4) is 0 Å². The molecule has 3 aliphatic heterocycles. The van der Waals surface area contributed by atoms with Crippen LogP contribution < -0.4 is 10.6 Å². The number of carbonyl (C=O) groups is 3. The van der Waals surface area contributed by atoms with Crippen LogP contribution in [-0.4, -0.2) is 77.0 Å². The molecule has 0 aromatic heterocycles. The maximum absolute atomic E-state index is 13.6. The highest BCUT2D eigenvalue weighted by atomic mass is 35.5. The molecule has 10 heteroatoms. The highest BCUT2D eigenvalue weighted by Crippen LogP contribution is 2.30. The van der Waals surface area contributed by atoms with E-state index in [1.165, 1.54) is 0 Å². The van der Waals surface area contributed by atoms with Crippen LogP contribution in [0.2, 0.25) is 5.02 Å². The average Bonchev–Trinajstić information content (AvgIpc) is 3.40. The van der Waals surface area contributed by atoms with Crippen molar-refractivity contribution >= 4 is 35.1 Å². The van der Waals surface area contributed by atoms with Crippen molar-refractivity contribution in [2.45, 2.75) is 24.9 Å². The molecule has 0 aliphatic carbocycles. The summed E-state index contributed by atoms with van der Waals surface area (Å²) in [5, 5.41) is 5.97. The third-order valence-corrected chi connectivity index (χ3v) is 7.20. The van der Waals surface area contributed by atoms with Gasteiger partial charge >= 0.3 is 6.03 Å². The number of urea groups is 1. The van der Waals surface area contributed by atoms with Gasteiger partial charge in [0, 0.05) is 32.4 Å². The Morgan fingerprint density at radius 2 is 1.69 bits per heavy atom. The van der Waals surface area contributed by atoms with Gasteiger partial charge in [-0.3, -0.25) is 9.59 Å². The monoisotopic (exact) mass is 508 g/mol. The number of benzene rings is 2. The zero-order valence-electron chi connectivity index (χ0n) is 20.1. The van der Waals surface area contributed by atoms with Crippen LogP contribution in [0.5, 0.6) is 0 Å². The number of para-hydroxylation sites is 1. The SMILES string of the molecule is CN1C=C2C(=O)N(C3CCN(C(=O)C(NC(=O)Nc4ccccc4Cl)c4ccccc4)CC3)CN2C1. The van der Waals surface area contributed by atoms with Crippen LogP contribution in [0.4, 0.5) is 10.5 Å². The smallest absolute Gasteiger partial charge is 0.320 e. The number of anilines is 1. The first-order valence-corrected chi connectivity index (χ1v) is 12.4. The van der Waals surface area contributed by atoms with Crippen LogP contribution in [0.1, 0.15) is 24.4 Å². The van der Waals surface area contributed by atoms with Gasteiger partial charge in [0.15, 0.2) is 0 Å². The van der Waals surface area contributed by atoms with Gasteiger partial charge in [-0.05, 0) is 30.5 Å². The minimum atomic E-state index is -0.843. The summed E-state index contributed by atoms with van der Waals surface area (Å²) in [7, 11) is 1.96. The molecule has 5 rings (SSSR count). The number of fused-ring (bicyclic) bond motifs is 1. The van der Waals surface area contributed by atoms with Crippen molar-refractivity contribution in [1.82, 2.24) is 24.9 Å². The lowest BCUT2D eigenvalue weighted by Gasteiger charge is -2.38. The lowest BCUT2D eigenvalue weighted by molar-refractivity contribution is -0.135. The van der Waals surface area contributed by atoms with E-state index in [4.69, 9.17) is 11.6 Å². The Kier molecular flexibility index (Phi) is 6.73. The fourth-order valence-corrected chi connectivity index (χ4v) is 5.21. The van der Waals surface area contributed by atoms with E-state index < -0.39 is 12.1 Å². The molecule has 188 valence electrons. The number of piperidine rings is 1. The Labute approximate surface area is 215 Å². The first-order chi connectivity index (χ1) is 17.4. The van der Waals surface area contributed by atoms with Crippen LogP contribution >= 0.6 is 11.6 Å². The van der Waals surface area contributed by atoms with Crippen molar-refractivity contribution < 1.29 is 14.4 Å². The molecule has 2 saturated heterocycles. The standard InChI is InChI=1S/C26H29ClN6O3/c1-30-15-22-24(34)33(17-32(22)16-30)19-11-13-31(14-12-19)25(35)23(18-7-3-2-4-8-18)29-26(36)28-21-10-6-5-9-20(21)27/h2-10,15,19,23H,11-14,16-17H2,1H3,(H2,28,29,36). The minimum absolute atomic E-state index is 0.0594. The number of nitrogens with one attached hydrogen (secondary N) is 2. The molecule has 2 aromatic rings. The summed E-state index contributed by atoms with van der Waals surface area (Å²) in [5.41, 5.74) is 1.91. The zero-order chi connectivity index (χ0) is 25.2. The molecule has 0 spiro atoms. The number of amides is 4. The number of rotatable bonds is 5. The van der Waals surface area contributed by atoms with E-state index in [1.807, 2.05) is 53.4 Å². The Balaban J connectivity index is 1.24. The molecular formula is C26H29ClN6O3. The first kappa shape index (κ1) is 24.0. The van der Waals surface area contributed by atoms with Crippen LogP contribution in [-0.2, 0) is 9.59 Å². The van der Waals surface area contributed by atoms with E-state index in [0.717, 1.165) is 12.4 Å². The molecule has 1 atom stereocenters. The van der Waals surface area contributed by atoms with Crippen molar-refractivity contribution in [1.29, 1.82) is 0 Å². The van der Waals surface area contributed by atoms with Crippen LogP contribution in [0.15, 0.2) is 66.5 Å². The molecule has 1 unspecified atom stereocenters. The number of hydrogen-bond acceptors (Lipinski definition) is 5. The van der Waals surface area contributed by atoms with E-state index in [2.05, 4.69) is 15.5 Å². The third-order valence-electron chi connectivity index (χ3n) is 6.87. The van der Waals surface area contributed by atoms with Crippen molar-refractivity contribution in [3.05, 3.63) is 77.1 Å². The Morgan fingerprint density at radius 1 is 1.00 bits per heavy atom. The number of nitrogens with zero attached hydrogens (tertiary/aromatic N) is 4. The van der Waals surface area contributed by atoms with Crippen molar-refractivity contribution in [3.63, 3.8) is 0 Å². The fourth-order valence-electron chi connectivity index (χ4n) is 5.03. The Morgan fingerprint density at radius 3 is 2.39 bits per heavy atom. The van der Waals surface area contributed by atoms with Gasteiger partial charge in [0.25, 0.3) is 5.91 Å². The molecule has 36 heavy (non-hydrogen) atoms. The van der Waals surface area contributed by atoms with Gasteiger partial charge in [0.1, 0.15) is 11.7 Å². The van der Waals surface area contributed by atoms with Gasteiger partial charge in [-0.15, -0.1) is 0 Å². The topological polar surface area (TPSA) is 88.2 Å². The molecular weight excluding hydrogens is 480 g/mol. The van der Waals surface area contributed by atoms with Gasteiger partial charge in [-0.25, -0.2) is 4.79 Å². The average molecular weight is 509 g/mol. The van der Waals surface area contributed by atoms with E-state index in [0.29, 0.717) is 48.9 Å². The second kappa shape index (κ2) is 10.1. The van der Waals surface area contributed by atoms with Gasteiger partial charge in [0.2, 0.25) is 5.91 Å². The molecule has 2 fully saturated rings. The second-order valence-electron chi connectivity index (χ2n) is 9.35. The third kappa shape index (κ3) is 4.83. The molecule has 2 N–H and O–H groups in total. The van der Waals surface area contributed by atoms with Gasteiger partial charge < -0.3 is 30.2 Å². The van der Waals surface area contributed by atoms with Gasteiger partial charge in [-0.1, -0.05) is 54.1 Å². The lowest BCUT2D eigenvalue weighted by Crippen LogP contribution is -2.51. The molecule has 0 bridgehead atoms. The molecule has 0 saturated carbocycles. The summed E-state index contributed by atoms with van der Waals surface area (Å²) in [6.45, 7) is 2.34. The zero-order valence-corrected chi connectivity index (χ0v) is 20.8. The van der Waals surface area contributed by atoms with Crippen LogP contribution in [0, 0.1) is 0 Å². The van der Waals surface area contributed by atoms with E-state index in [9.17, 15) is 14.4 Å². The maximum Gasteiger partial charge on any atom is 0.320 e. The van der Waals surface area contributed by atoms with Crippen molar-refractivity contribution in [2.75, 3.05) is 38.8 Å². The van der Waals surface area contributed by atoms with E-state index in [1.54, 1.807) is 29.2 Å². The predicted octanol–water partition coefficient (Wildman–Crippen LogP) is 3.04. The second-order valence-corrected chi connectivity index (χ2v) is 9.75. The van der Waals surface area contributed by atoms with Gasteiger partial charge in [0.05, 0.1) is 24.0 Å². The maximum atomic E-state index is 13.6. The van der Waals surface area contributed by atoms with E-state index >= 15 is 0 Å². The number of likely N-dealkylation sites (tertiary alicyclic amines) is 1. The normalized spacial score (nSPS) is 18.7. The fraction of sp³-hybridized carbons (Fsp3) is 0.346. The van der Waals surface area contributed by atoms with Crippen molar-refractivity contribution in [2.24, 2.45) is 0 Å². The van der Waals surface area contributed by atoms with Gasteiger partial charge in [-0.2, -0.15) is 0 Å². The number of halogens is 1. The first-order valence-electron chi connectivity index (χ1n) is 12.0. The Bertz CT molecular complexity index is 1180. The summed E-state index contributed by atoms with van der Waals surface area (Å²) in [4.78, 5) is 47.1. The largest absolute Gasteiger partial charge is 0.361 e. The molecule has 0 radical (unpaired) electrons. The summed E-state index contributed by atoms with van der Waals surface area (Å²) in [6, 6.07) is 14.9. The number of carbonyl (C=O) groups excluding carboxylic acids is 3. The molecule has 4 amide bonds. The molecule has 9 nitrogen and oxygen atoms in total. The van der Waals surface area contributed by atoms with E-state index in [-0.39, 0.29) is 17.9 Å². The molecule has 3 aliphatic rings. The minimum Gasteiger partial charge on any atom is -0.361 e. The summed E-state index contributed by atoms with van der Waals surface area (Å²) in [5.74, 6) is -0.115. The summed E-state index contributed by atoms with van der Waals surface area (Å²) < 4.78 is 0. The molecule has 2 aromatic carbocycles.